The van der Waals surface area contributed by atoms with Crippen LogP contribution in [0.15, 0.2) is 0 Å². The smallest absolute Gasteiger partial charge is 0.388 e. The van der Waals surface area contributed by atoms with Crippen molar-refractivity contribution in [3.05, 3.63) is 0 Å². The number of rotatable bonds is 8. The Morgan fingerprint density at radius 2 is 0.655 bits per heavy atom. The number of hydrogen-bond acceptors (Lipinski definition) is 1. The Kier molecular flexibility index (Phi) is 8.22. The first-order valence-corrected chi connectivity index (χ1v) is 13.8. The van der Waals surface area contributed by atoms with Crippen molar-refractivity contribution in [2.24, 2.45) is 0 Å². The van der Waals surface area contributed by atoms with Crippen LogP contribution in [0.3, 0.4) is 0 Å². The van der Waals surface area contributed by atoms with Crippen molar-refractivity contribution in [3.8, 4) is 0 Å². The van der Waals surface area contributed by atoms with Gasteiger partial charge in [0.25, 0.3) is 0 Å². The summed E-state index contributed by atoms with van der Waals surface area (Å²) in [6.07, 6.45) is -24.8. The minimum absolute atomic E-state index is 0.277. The molecule has 1 heterocycles. The van der Waals surface area contributed by atoms with E-state index in [4.69, 9.17) is 4.12 Å². The summed E-state index contributed by atoms with van der Waals surface area (Å²) in [6, 6.07) is -3.72. The molecule has 0 N–H and O–H groups in total. The molecule has 1 aliphatic rings. The molecule has 0 unspecified atom stereocenters. The zero-order chi connectivity index (χ0) is 22.8. The van der Waals surface area contributed by atoms with E-state index >= 15 is 0 Å². The minimum atomic E-state index is -4.72. The molecule has 0 aromatic heterocycles. The fraction of sp³-hybridized carbons (Fsp3) is 1.00. The zero-order valence-electron chi connectivity index (χ0n) is 15.0. The Morgan fingerprint density at radius 1 is 0.448 bits per heavy atom. The highest BCUT2D eigenvalue weighted by atomic mass is 28.4. The van der Waals surface area contributed by atoms with E-state index in [9.17, 15) is 52.7 Å². The van der Waals surface area contributed by atoms with Crippen LogP contribution in [0.2, 0.25) is 36.3 Å². The molecule has 0 aromatic rings. The molecule has 0 radical (unpaired) electrons. The SMILES string of the molecule is FC(F)(F)CC[Si]1(CCC(F)(F)F)CC[Si](CCC(F)(F)F)(CCC(F)(F)F)O1. The van der Waals surface area contributed by atoms with E-state index in [-0.39, 0.29) is 12.1 Å². The topological polar surface area (TPSA) is 9.23 Å². The van der Waals surface area contributed by atoms with E-state index in [2.05, 4.69) is 0 Å². The first-order chi connectivity index (χ1) is 12.7. The van der Waals surface area contributed by atoms with Crippen LogP contribution in [0, 0.1) is 0 Å². The lowest BCUT2D eigenvalue weighted by Crippen LogP contribution is -2.45. The van der Waals surface area contributed by atoms with E-state index < -0.39 is 91.2 Å². The van der Waals surface area contributed by atoms with Crippen LogP contribution in [0.4, 0.5) is 52.7 Å². The molecular weight excluding hydrogens is 468 g/mol. The second-order valence-corrected chi connectivity index (χ2v) is 16.0. The lowest BCUT2D eigenvalue weighted by Gasteiger charge is -2.34. The van der Waals surface area contributed by atoms with Crippen LogP contribution in [-0.2, 0) is 4.12 Å². The summed E-state index contributed by atoms with van der Waals surface area (Å²) in [7, 11) is -7.59. The van der Waals surface area contributed by atoms with E-state index in [1.165, 1.54) is 0 Å². The predicted molar refractivity (Wildman–Crippen MR) is 84.1 cm³/mol. The normalized spacial score (nSPS) is 20.3. The van der Waals surface area contributed by atoms with Crippen molar-refractivity contribution in [1.82, 2.24) is 0 Å². The molecule has 1 aliphatic heterocycles. The average Bonchev–Trinajstić information content (AvgIpc) is 2.86. The summed E-state index contributed by atoms with van der Waals surface area (Å²) in [4.78, 5) is 0. The van der Waals surface area contributed by atoms with Crippen LogP contribution < -0.4 is 0 Å². The Bertz CT molecular complexity index is 441. The van der Waals surface area contributed by atoms with Crippen LogP contribution in [0.1, 0.15) is 25.7 Å². The van der Waals surface area contributed by atoms with Gasteiger partial charge < -0.3 is 4.12 Å². The van der Waals surface area contributed by atoms with Crippen molar-refractivity contribution < 1.29 is 56.8 Å². The highest BCUT2D eigenvalue weighted by Gasteiger charge is 2.55. The van der Waals surface area contributed by atoms with Gasteiger partial charge in [-0.05, 0) is 36.3 Å². The van der Waals surface area contributed by atoms with Crippen LogP contribution in [0.25, 0.3) is 0 Å². The van der Waals surface area contributed by atoms with Gasteiger partial charge in [0.05, 0.1) is 0 Å². The van der Waals surface area contributed by atoms with E-state index in [1.54, 1.807) is 0 Å². The molecule has 1 rings (SSSR count). The van der Waals surface area contributed by atoms with Crippen LogP contribution >= 0.6 is 0 Å². The minimum Gasteiger partial charge on any atom is -0.455 e. The standard InChI is InChI=1S/C14H20F12OSi2/c15-11(16,17)1-5-28(6-2-12(18,19)20)9-10-29(27-28,7-3-13(21,22)23)8-4-14(24,25)26/h1-10H2. The first kappa shape index (κ1) is 26.6. The maximum Gasteiger partial charge on any atom is 0.388 e. The maximum absolute atomic E-state index is 12.6. The summed E-state index contributed by atoms with van der Waals surface area (Å²) in [6.45, 7) is 0. The van der Waals surface area contributed by atoms with Crippen molar-refractivity contribution in [2.75, 3.05) is 0 Å². The lowest BCUT2D eigenvalue weighted by molar-refractivity contribution is -0.133. The predicted octanol–water partition coefficient (Wildman–Crippen LogP) is 7.72. The zero-order valence-corrected chi connectivity index (χ0v) is 17.0. The molecule has 0 spiro atoms. The van der Waals surface area contributed by atoms with Gasteiger partial charge >= 0.3 is 24.7 Å². The summed E-state index contributed by atoms with van der Waals surface area (Å²) >= 11 is 0. The Morgan fingerprint density at radius 3 is 0.828 bits per heavy atom. The fourth-order valence-corrected chi connectivity index (χ4v) is 17.7. The lowest BCUT2D eigenvalue weighted by atomic mass is 10.5. The molecule has 0 aliphatic carbocycles. The van der Waals surface area contributed by atoms with Gasteiger partial charge in [-0.1, -0.05) is 0 Å². The van der Waals surface area contributed by atoms with Gasteiger partial charge in [0.2, 0.25) is 0 Å². The summed E-state index contributed by atoms with van der Waals surface area (Å²) in [5.74, 6) is 0. The van der Waals surface area contributed by atoms with Crippen LogP contribution in [-0.4, -0.2) is 41.3 Å². The number of halogens is 12. The van der Waals surface area contributed by atoms with Gasteiger partial charge in [-0.15, -0.1) is 0 Å². The third kappa shape index (κ3) is 10.9. The molecule has 174 valence electrons. The molecule has 15 heteroatoms. The Labute approximate surface area is 161 Å². The van der Waals surface area contributed by atoms with Gasteiger partial charge in [0.15, 0.2) is 16.6 Å². The van der Waals surface area contributed by atoms with E-state index in [0.29, 0.717) is 0 Å². The van der Waals surface area contributed by atoms with Gasteiger partial charge in [-0.2, -0.15) is 52.7 Å². The second kappa shape index (κ2) is 8.96. The molecule has 1 fully saturated rings. The Balaban J connectivity index is 3.06. The summed E-state index contributed by atoms with van der Waals surface area (Å²) in [5.41, 5.74) is 0. The van der Waals surface area contributed by atoms with Crippen LogP contribution in [0.5, 0.6) is 0 Å². The van der Waals surface area contributed by atoms with Crippen molar-refractivity contribution in [2.45, 2.75) is 86.7 Å². The van der Waals surface area contributed by atoms with Gasteiger partial charge in [0.1, 0.15) is 0 Å². The molecule has 0 saturated carbocycles. The van der Waals surface area contributed by atoms with Crippen molar-refractivity contribution >= 4 is 16.6 Å². The molecular formula is C14H20F12OSi2. The maximum atomic E-state index is 12.6. The van der Waals surface area contributed by atoms with Crippen molar-refractivity contribution in [3.63, 3.8) is 0 Å². The highest BCUT2D eigenvalue weighted by Crippen LogP contribution is 2.49. The van der Waals surface area contributed by atoms with E-state index in [0.717, 1.165) is 0 Å². The molecule has 1 saturated heterocycles. The molecule has 1 nitrogen and oxygen atoms in total. The first-order valence-electron chi connectivity index (χ1n) is 8.71. The largest absolute Gasteiger partial charge is 0.455 e. The summed E-state index contributed by atoms with van der Waals surface area (Å²) in [5, 5.41) is 0. The Hall–Kier alpha value is -0.446. The highest BCUT2D eigenvalue weighted by molar-refractivity contribution is 6.92. The molecule has 0 atom stereocenters. The number of alkyl halides is 12. The quantitative estimate of drug-likeness (QED) is 0.251. The average molecular weight is 488 g/mol. The molecule has 0 aromatic carbocycles. The molecule has 0 amide bonds. The van der Waals surface area contributed by atoms with E-state index in [1.807, 2.05) is 0 Å². The van der Waals surface area contributed by atoms with Gasteiger partial charge in [-0.25, -0.2) is 0 Å². The monoisotopic (exact) mass is 488 g/mol. The number of hydrogen-bond donors (Lipinski definition) is 0. The second-order valence-electron chi connectivity index (χ2n) is 7.43. The van der Waals surface area contributed by atoms with Crippen molar-refractivity contribution in [1.29, 1.82) is 0 Å². The third-order valence-corrected chi connectivity index (χ3v) is 15.9. The fourth-order valence-electron chi connectivity index (χ4n) is 3.45. The molecule has 29 heavy (non-hydrogen) atoms. The van der Waals surface area contributed by atoms with Gasteiger partial charge in [-0.3, -0.25) is 0 Å². The molecule has 0 bridgehead atoms. The van der Waals surface area contributed by atoms with Gasteiger partial charge in [0, 0.05) is 25.7 Å². The third-order valence-electron chi connectivity index (χ3n) is 4.93. The summed E-state index contributed by atoms with van der Waals surface area (Å²) < 4.78 is 157.